The van der Waals surface area contributed by atoms with Gasteiger partial charge in [-0.1, -0.05) is 18.2 Å². The maximum atomic E-state index is 11.7. The van der Waals surface area contributed by atoms with Crippen LogP contribution in [0.15, 0.2) is 24.3 Å². The van der Waals surface area contributed by atoms with E-state index in [-0.39, 0.29) is 6.54 Å². The predicted molar refractivity (Wildman–Crippen MR) is 74.7 cm³/mol. The second-order valence-corrected chi connectivity index (χ2v) is 4.09. The average molecular weight is 281 g/mol. The topological polar surface area (TPSA) is 99.7 Å². The number of hydrogen-bond acceptors (Lipinski definition) is 4. The van der Waals surface area contributed by atoms with E-state index < -0.39 is 18.1 Å². The number of rotatable bonds is 7. The van der Waals surface area contributed by atoms with Gasteiger partial charge in [-0.25, -0.2) is 9.59 Å². The van der Waals surface area contributed by atoms with Gasteiger partial charge in [-0.3, -0.25) is 0 Å². The molecule has 0 saturated heterocycles. The Morgan fingerprint density at radius 2 is 2.05 bits per heavy atom. The zero-order valence-electron chi connectivity index (χ0n) is 11.5. The number of nitrogens with one attached hydrogen (secondary N) is 3. The van der Waals surface area contributed by atoms with Crippen LogP contribution in [0.2, 0.25) is 0 Å². The van der Waals surface area contributed by atoms with Crippen LogP contribution in [0.1, 0.15) is 5.56 Å². The van der Waals surface area contributed by atoms with Gasteiger partial charge in [0.15, 0.2) is 6.10 Å². The van der Waals surface area contributed by atoms with Crippen LogP contribution < -0.4 is 16.0 Å². The van der Waals surface area contributed by atoms with Crippen LogP contribution in [0, 0.1) is 0 Å². The smallest absolute Gasteiger partial charge is 0.334 e. The monoisotopic (exact) mass is 281 g/mol. The van der Waals surface area contributed by atoms with E-state index in [1.165, 1.54) is 7.11 Å². The lowest BCUT2D eigenvalue weighted by Gasteiger charge is -2.14. The summed E-state index contributed by atoms with van der Waals surface area (Å²) in [7, 11) is 3.09. The minimum atomic E-state index is -1.12. The lowest BCUT2D eigenvalue weighted by Crippen LogP contribution is -2.39. The largest absolute Gasteiger partial charge is 0.479 e. The highest BCUT2D eigenvalue weighted by atomic mass is 16.5. The van der Waals surface area contributed by atoms with Crippen molar-refractivity contribution in [3.05, 3.63) is 29.8 Å². The lowest BCUT2D eigenvalue weighted by atomic mass is 10.2. The number of anilines is 1. The molecule has 0 bridgehead atoms. The van der Waals surface area contributed by atoms with Gasteiger partial charge in [-0.15, -0.1) is 0 Å². The summed E-state index contributed by atoms with van der Waals surface area (Å²) in [5.41, 5.74) is 1.61. The second-order valence-electron chi connectivity index (χ2n) is 4.09. The first-order valence-electron chi connectivity index (χ1n) is 6.11. The number of carbonyl (C=O) groups excluding carboxylic acids is 1. The molecule has 0 aromatic heterocycles. The number of urea groups is 1. The minimum absolute atomic E-state index is 0.105. The quantitative estimate of drug-likeness (QED) is 0.587. The van der Waals surface area contributed by atoms with Crippen molar-refractivity contribution < 1.29 is 19.4 Å². The van der Waals surface area contributed by atoms with E-state index in [9.17, 15) is 9.59 Å². The van der Waals surface area contributed by atoms with Crippen molar-refractivity contribution in [2.75, 3.05) is 26.0 Å². The maximum absolute atomic E-state index is 11.7. The third-order valence-corrected chi connectivity index (χ3v) is 2.64. The van der Waals surface area contributed by atoms with E-state index in [0.717, 1.165) is 5.56 Å². The first kappa shape index (κ1) is 15.9. The zero-order chi connectivity index (χ0) is 15.0. The molecule has 1 aromatic rings. The number of carboxylic acid groups (broad SMARTS) is 1. The van der Waals surface area contributed by atoms with Crippen LogP contribution in [0.5, 0.6) is 0 Å². The van der Waals surface area contributed by atoms with Gasteiger partial charge in [0.25, 0.3) is 0 Å². The molecule has 1 rings (SSSR count). The fourth-order valence-electron chi connectivity index (χ4n) is 1.61. The summed E-state index contributed by atoms with van der Waals surface area (Å²) in [4.78, 5) is 22.5. The van der Waals surface area contributed by atoms with E-state index in [1.54, 1.807) is 6.07 Å². The van der Waals surface area contributed by atoms with Crippen LogP contribution in [0.25, 0.3) is 0 Å². The molecule has 0 heterocycles. The number of carbonyl (C=O) groups is 2. The van der Waals surface area contributed by atoms with E-state index >= 15 is 0 Å². The minimum Gasteiger partial charge on any atom is -0.479 e. The van der Waals surface area contributed by atoms with Crippen molar-refractivity contribution in [3.63, 3.8) is 0 Å². The molecule has 0 radical (unpaired) electrons. The van der Waals surface area contributed by atoms with E-state index in [0.29, 0.717) is 12.2 Å². The molecule has 0 spiro atoms. The molecule has 0 aliphatic rings. The van der Waals surface area contributed by atoms with Crippen molar-refractivity contribution >= 4 is 17.7 Å². The van der Waals surface area contributed by atoms with Crippen LogP contribution in [-0.4, -0.2) is 43.9 Å². The van der Waals surface area contributed by atoms with Crippen LogP contribution in [0.3, 0.4) is 0 Å². The molecule has 0 aliphatic heterocycles. The Hall–Kier alpha value is -2.12. The number of ether oxygens (including phenoxy) is 1. The van der Waals surface area contributed by atoms with Gasteiger partial charge in [0.1, 0.15) is 0 Å². The third kappa shape index (κ3) is 4.87. The Kier molecular flexibility index (Phi) is 6.48. The van der Waals surface area contributed by atoms with Crippen molar-refractivity contribution in [1.29, 1.82) is 0 Å². The SMILES string of the molecule is CNCc1ccccc1NC(=O)NCC(OC)C(=O)O. The highest BCUT2D eigenvalue weighted by Crippen LogP contribution is 2.14. The van der Waals surface area contributed by atoms with Crippen LogP contribution >= 0.6 is 0 Å². The fraction of sp³-hybridized carbons (Fsp3) is 0.385. The van der Waals surface area contributed by atoms with Gasteiger partial charge in [0.2, 0.25) is 0 Å². The van der Waals surface area contributed by atoms with Crippen LogP contribution in [0.4, 0.5) is 10.5 Å². The molecule has 0 saturated carbocycles. The average Bonchev–Trinajstić information content (AvgIpc) is 2.41. The fourth-order valence-corrected chi connectivity index (χ4v) is 1.61. The molecule has 1 atom stereocenters. The predicted octanol–water partition coefficient (Wildman–Crippen LogP) is 0.627. The molecule has 1 unspecified atom stereocenters. The molecule has 4 N–H and O–H groups in total. The van der Waals surface area contributed by atoms with Gasteiger partial charge in [0.05, 0.1) is 6.54 Å². The molecule has 7 nitrogen and oxygen atoms in total. The summed E-state index contributed by atoms with van der Waals surface area (Å²) in [5, 5.41) is 16.9. The van der Waals surface area contributed by atoms with Crippen LogP contribution in [-0.2, 0) is 16.1 Å². The van der Waals surface area contributed by atoms with Crippen molar-refractivity contribution in [1.82, 2.24) is 10.6 Å². The molecule has 110 valence electrons. The summed E-state index contributed by atoms with van der Waals surface area (Å²) in [6.07, 6.45) is -1.06. The van der Waals surface area contributed by atoms with E-state index in [2.05, 4.69) is 16.0 Å². The molecule has 20 heavy (non-hydrogen) atoms. The number of para-hydroxylation sites is 1. The van der Waals surface area contributed by atoms with E-state index in [1.807, 2.05) is 25.2 Å². The Morgan fingerprint density at radius 1 is 1.35 bits per heavy atom. The highest BCUT2D eigenvalue weighted by Gasteiger charge is 2.17. The first-order valence-corrected chi connectivity index (χ1v) is 6.11. The number of hydrogen-bond donors (Lipinski definition) is 4. The van der Waals surface area contributed by atoms with Gasteiger partial charge in [0, 0.05) is 19.3 Å². The molecule has 0 aliphatic carbocycles. The molecule has 7 heteroatoms. The highest BCUT2D eigenvalue weighted by molar-refractivity contribution is 5.90. The normalized spacial score (nSPS) is 11.7. The number of amides is 2. The molecule has 1 aromatic carbocycles. The Bertz CT molecular complexity index is 465. The molecule has 0 fully saturated rings. The summed E-state index contributed by atoms with van der Waals surface area (Å²) in [6, 6.07) is 6.88. The van der Waals surface area contributed by atoms with Gasteiger partial charge >= 0.3 is 12.0 Å². The maximum Gasteiger partial charge on any atom is 0.334 e. The zero-order valence-corrected chi connectivity index (χ0v) is 11.5. The second kappa shape index (κ2) is 8.13. The van der Waals surface area contributed by atoms with Crippen molar-refractivity contribution in [2.24, 2.45) is 0 Å². The summed E-state index contributed by atoms with van der Waals surface area (Å²) >= 11 is 0. The molecular weight excluding hydrogens is 262 g/mol. The standard InChI is InChI=1S/C13H19N3O4/c1-14-7-9-5-3-4-6-10(9)16-13(19)15-8-11(20-2)12(17)18/h3-6,11,14H,7-8H2,1-2H3,(H,17,18)(H2,15,16,19). The molecule has 2 amide bonds. The number of benzene rings is 1. The van der Waals surface area contributed by atoms with Crippen molar-refractivity contribution in [2.45, 2.75) is 12.6 Å². The Morgan fingerprint density at radius 3 is 2.65 bits per heavy atom. The van der Waals surface area contributed by atoms with Crippen molar-refractivity contribution in [3.8, 4) is 0 Å². The first-order chi connectivity index (χ1) is 9.58. The third-order valence-electron chi connectivity index (χ3n) is 2.64. The van der Waals surface area contributed by atoms with Gasteiger partial charge < -0.3 is 25.8 Å². The molecular formula is C13H19N3O4. The number of aliphatic carboxylic acids is 1. The summed E-state index contributed by atoms with van der Waals surface area (Å²) < 4.78 is 4.72. The van der Waals surface area contributed by atoms with Gasteiger partial charge in [-0.2, -0.15) is 0 Å². The number of methoxy groups -OCH3 is 1. The van der Waals surface area contributed by atoms with Gasteiger partial charge in [-0.05, 0) is 18.7 Å². The summed E-state index contributed by atoms with van der Waals surface area (Å²) in [6.45, 7) is 0.512. The van der Waals surface area contributed by atoms with E-state index in [4.69, 9.17) is 9.84 Å². The lowest BCUT2D eigenvalue weighted by molar-refractivity contribution is -0.147. The Balaban J connectivity index is 2.56. The summed E-state index contributed by atoms with van der Waals surface area (Å²) in [5.74, 6) is -1.12. The number of carboxylic acids is 1. The Labute approximate surface area is 117 Å².